The normalized spacial score (nSPS) is 21.0. The largest absolute Gasteiger partial charge is 0.492 e. The maximum Gasteiger partial charge on any atom is 0.243 e. The van der Waals surface area contributed by atoms with Gasteiger partial charge in [0.2, 0.25) is 10.0 Å². The summed E-state index contributed by atoms with van der Waals surface area (Å²) in [7, 11) is -3.42. The van der Waals surface area contributed by atoms with E-state index in [1.54, 1.807) is 28.6 Å². The molecule has 0 amide bonds. The summed E-state index contributed by atoms with van der Waals surface area (Å²) in [5.41, 5.74) is 0. The highest BCUT2D eigenvalue weighted by molar-refractivity contribution is 7.89. The van der Waals surface area contributed by atoms with Crippen LogP contribution in [0.15, 0.2) is 29.2 Å². The van der Waals surface area contributed by atoms with Gasteiger partial charge in [0, 0.05) is 12.6 Å². The van der Waals surface area contributed by atoms with Crippen molar-refractivity contribution in [3.8, 4) is 5.75 Å². The summed E-state index contributed by atoms with van der Waals surface area (Å²) in [4.78, 5) is 0.328. The molecule has 2 rings (SSSR count). The summed E-state index contributed by atoms with van der Waals surface area (Å²) in [5, 5.41) is 0. The maximum absolute atomic E-state index is 12.7. The van der Waals surface area contributed by atoms with Crippen LogP contribution >= 0.6 is 11.6 Å². The molecule has 118 valence electrons. The van der Waals surface area contributed by atoms with Crippen LogP contribution in [0.3, 0.4) is 0 Å². The first-order valence-corrected chi connectivity index (χ1v) is 9.34. The highest BCUT2D eigenvalue weighted by Crippen LogP contribution is 2.25. The Morgan fingerprint density at radius 2 is 1.95 bits per heavy atom. The maximum atomic E-state index is 12.7. The summed E-state index contributed by atoms with van der Waals surface area (Å²) in [6.07, 6.45) is 4.05. The van der Waals surface area contributed by atoms with E-state index in [1.807, 2.05) is 6.92 Å². The monoisotopic (exact) mass is 331 g/mol. The van der Waals surface area contributed by atoms with Crippen molar-refractivity contribution in [2.75, 3.05) is 19.0 Å². The lowest BCUT2D eigenvalue weighted by Crippen LogP contribution is -2.38. The molecule has 1 aliphatic rings. The summed E-state index contributed by atoms with van der Waals surface area (Å²) < 4.78 is 32.5. The van der Waals surface area contributed by atoms with E-state index in [1.165, 1.54) is 0 Å². The van der Waals surface area contributed by atoms with Crippen molar-refractivity contribution < 1.29 is 13.2 Å². The number of alkyl halides is 1. The molecule has 0 radical (unpaired) electrons. The second-order valence-electron chi connectivity index (χ2n) is 5.32. The van der Waals surface area contributed by atoms with Gasteiger partial charge in [0.15, 0.2) is 0 Å². The van der Waals surface area contributed by atoms with Gasteiger partial charge >= 0.3 is 0 Å². The third-order valence-corrected chi connectivity index (χ3v) is 5.95. The first-order chi connectivity index (χ1) is 10.1. The Morgan fingerprint density at radius 1 is 1.24 bits per heavy atom. The van der Waals surface area contributed by atoms with E-state index < -0.39 is 10.0 Å². The van der Waals surface area contributed by atoms with Crippen LogP contribution in [-0.2, 0) is 10.0 Å². The van der Waals surface area contributed by atoms with Gasteiger partial charge in [-0.1, -0.05) is 12.8 Å². The fourth-order valence-corrected chi connectivity index (χ4v) is 4.38. The van der Waals surface area contributed by atoms with E-state index in [0.717, 1.165) is 25.7 Å². The second kappa shape index (κ2) is 7.47. The Hall–Kier alpha value is -0.780. The van der Waals surface area contributed by atoms with Crippen LogP contribution in [0.1, 0.15) is 32.6 Å². The van der Waals surface area contributed by atoms with E-state index in [9.17, 15) is 8.42 Å². The molecule has 1 unspecified atom stereocenters. The van der Waals surface area contributed by atoms with Gasteiger partial charge in [-0.15, -0.1) is 11.6 Å². The SMILES string of the molecule is CC1CCCCCN1S(=O)(=O)c1ccc(OCCCl)cc1. The average molecular weight is 332 g/mol. The van der Waals surface area contributed by atoms with Gasteiger partial charge in [-0.2, -0.15) is 4.31 Å². The van der Waals surface area contributed by atoms with Crippen LogP contribution in [0.25, 0.3) is 0 Å². The van der Waals surface area contributed by atoms with Crippen molar-refractivity contribution in [1.29, 1.82) is 0 Å². The van der Waals surface area contributed by atoms with Gasteiger partial charge in [0.1, 0.15) is 12.4 Å². The molecule has 4 nitrogen and oxygen atoms in total. The van der Waals surface area contributed by atoms with Crippen molar-refractivity contribution >= 4 is 21.6 Å². The van der Waals surface area contributed by atoms with E-state index in [0.29, 0.717) is 29.7 Å². The molecule has 1 fully saturated rings. The first kappa shape index (κ1) is 16.6. The Kier molecular flexibility index (Phi) is 5.90. The zero-order valence-corrected chi connectivity index (χ0v) is 13.9. The predicted octanol–water partition coefficient (Wildman–Crippen LogP) is 3.26. The molecule has 1 heterocycles. The summed E-state index contributed by atoms with van der Waals surface area (Å²) >= 11 is 5.56. The van der Waals surface area contributed by atoms with E-state index in [4.69, 9.17) is 16.3 Å². The van der Waals surface area contributed by atoms with E-state index in [-0.39, 0.29) is 6.04 Å². The van der Waals surface area contributed by atoms with Gasteiger partial charge in [-0.05, 0) is 44.0 Å². The number of benzene rings is 1. The third-order valence-electron chi connectivity index (χ3n) is 3.77. The highest BCUT2D eigenvalue weighted by Gasteiger charge is 2.29. The number of hydrogen-bond acceptors (Lipinski definition) is 3. The van der Waals surface area contributed by atoms with Crippen molar-refractivity contribution in [3.05, 3.63) is 24.3 Å². The molecule has 0 bridgehead atoms. The predicted molar refractivity (Wildman–Crippen MR) is 84.5 cm³/mol. The minimum absolute atomic E-state index is 0.0599. The lowest BCUT2D eigenvalue weighted by Gasteiger charge is -2.26. The Balaban J connectivity index is 2.18. The molecule has 0 aromatic heterocycles. The molecular formula is C15H22ClNO3S. The van der Waals surface area contributed by atoms with Gasteiger partial charge in [-0.3, -0.25) is 0 Å². The lowest BCUT2D eigenvalue weighted by molar-refractivity contribution is 0.340. The molecule has 21 heavy (non-hydrogen) atoms. The van der Waals surface area contributed by atoms with Crippen LogP contribution in [-0.4, -0.2) is 37.8 Å². The molecular weight excluding hydrogens is 310 g/mol. The van der Waals surface area contributed by atoms with Crippen molar-refractivity contribution in [2.24, 2.45) is 0 Å². The van der Waals surface area contributed by atoms with Crippen molar-refractivity contribution in [1.82, 2.24) is 4.31 Å². The molecule has 0 N–H and O–H groups in total. The number of sulfonamides is 1. The van der Waals surface area contributed by atoms with Gasteiger partial charge in [0.25, 0.3) is 0 Å². The molecule has 1 aromatic rings. The summed E-state index contributed by atoms with van der Waals surface area (Å²) in [6, 6.07) is 6.64. The van der Waals surface area contributed by atoms with Crippen molar-refractivity contribution in [3.63, 3.8) is 0 Å². The number of halogens is 1. The molecule has 0 spiro atoms. The summed E-state index contributed by atoms with van der Waals surface area (Å²) in [6.45, 7) is 3.01. The fraction of sp³-hybridized carbons (Fsp3) is 0.600. The molecule has 0 aliphatic carbocycles. The minimum atomic E-state index is -3.42. The molecule has 6 heteroatoms. The van der Waals surface area contributed by atoms with Gasteiger partial charge in [-0.25, -0.2) is 8.42 Å². The Morgan fingerprint density at radius 3 is 2.62 bits per heavy atom. The minimum Gasteiger partial charge on any atom is -0.492 e. The highest BCUT2D eigenvalue weighted by atomic mass is 35.5. The Bertz CT molecular complexity index is 545. The molecule has 0 saturated carbocycles. The van der Waals surface area contributed by atoms with Crippen molar-refractivity contribution in [2.45, 2.75) is 43.5 Å². The van der Waals surface area contributed by atoms with Crippen LogP contribution < -0.4 is 4.74 Å². The molecule has 1 aliphatic heterocycles. The fourth-order valence-electron chi connectivity index (χ4n) is 2.61. The van der Waals surface area contributed by atoms with Gasteiger partial charge < -0.3 is 4.74 Å². The Labute approximate surface area is 132 Å². The third kappa shape index (κ3) is 4.11. The number of nitrogens with zero attached hydrogens (tertiary/aromatic N) is 1. The number of hydrogen-bond donors (Lipinski definition) is 0. The molecule has 1 atom stereocenters. The number of rotatable bonds is 5. The van der Waals surface area contributed by atoms with E-state index in [2.05, 4.69) is 0 Å². The standard InChI is InChI=1S/C15H22ClNO3S/c1-13-5-3-2-4-11-17(13)21(18,19)15-8-6-14(7-9-15)20-12-10-16/h6-9,13H,2-5,10-12H2,1H3. The smallest absolute Gasteiger partial charge is 0.243 e. The van der Waals surface area contributed by atoms with Crippen LogP contribution in [0.5, 0.6) is 5.75 Å². The second-order valence-corrected chi connectivity index (χ2v) is 7.59. The average Bonchev–Trinajstić information content (AvgIpc) is 2.70. The molecule has 1 saturated heterocycles. The van der Waals surface area contributed by atoms with Crippen LogP contribution in [0.2, 0.25) is 0 Å². The van der Waals surface area contributed by atoms with Crippen LogP contribution in [0.4, 0.5) is 0 Å². The topological polar surface area (TPSA) is 46.6 Å². The van der Waals surface area contributed by atoms with E-state index >= 15 is 0 Å². The molecule has 1 aromatic carbocycles. The summed E-state index contributed by atoms with van der Waals surface area (Å²) in [5.74, 6) is 1.05. The quantitative estimate of drug-likeness (QED) is 0.778. The lowest BCUT2D eigenvalue weighted by atomic mass is 10.1. The van der Waals surface area contributed by atoms with Crippen LogP contribution in [0, 0.1) is 0 Å². The van der Waals surface area contributed by atoms with Gasteiger partial charge in [0.05, 0.1) is 10.8 Å². The number of ether oxygens (including phenoxy) is 1. The first-order valence-electron chi connectivity index (χ1n) is 7.36. The zero-order valence-electron chi connectivity index (χ0n) is 12.3. The zero-order chi connectivity index (χ0) is 15.3.